The normalized spacial score (nSPS) is 25.2. The monoisotopic (exact) mass is 439 g/mol. The van der Waals surface area contributed by atoms with Crippen molar-refractivity contribution < 1.29 is 19.5 Å². The number of hydroxylamine groups is 2. The molecular weight excluding hydrogens is 406 g/mol. The van der Waals surface area contributed by atoms with Crippen LogP contribution in [0.4, 0.5) is 5.69 Å². The molecule has 2 aromatic carbocycles. The van der Waals surface area contributed by atoms with Gasteiger partial charge in [0, 0.05) is 25.3 Å². The number of hydrogen-bond donors (Lipinski definition) is 1. The number of carbonyl (C=O) groups is 1. The van der Waals surface area contributed by atoms with Gasteiger partial charge in [-0.15, -0.1) is 0 Å². The lowest BCUT2D eigenvalue weighted by Crippen LogP contribution is -2.35. The first-order valence-corrected chi connectivity index (χ1v) is 11.2. The fourth-order valence-corrected chi connectivity index (χ4v) is 4.62. The highest BCUT2D eigenvalue weighted by Gasteiger charge is 2.56. The van der Waals surface area contributed by atoms with Crippen LogP contribution in [0, 0.1) is 5.92 Å². The van der Waals surface area contributed by atoms with E-state index in [1.807, 2.05) is 25.1 Å². The van der Waals surface area contributed by atoms with Crippen LogP contribution in [0.5, 0.6) is 0 Å². The number of cyclic esters (lactones) is 1. The summed E-state index contributed by atoms with van der Waals surface area (Å²) >= 11 is 0. The van der Waals surface area contributed by atoms with E-state index in [2.05, 4.69) is 60.3 Å². The molecule has 0 spiro atoms. The average molecular weight is 440 g/mol. The van der Waals surface area contributed by atoms with E-state index in [0.29, 0.717) is 6.54 Å². The molecule has 2 aromatic rings. The van der Waals surface area contributed by atoms with E-state index in [9.17, 15) is 9.90 Å². The maximum absolute atomic E-state index is 12.4. The van der Waals surface area contributed by atoms with Crippen molar-refractivity contribution in [3.05, 3.63) is 65.7 Å². The van der Waals surface area contributed by atoms with Gasteiger partial charge in [0.25, 0.3) is 0 Å². The van der Waals surface area contributed by atoms with Gasteiger partial charge in [0.2, 0.25) is 0 Å². The molecule has 1 N–H and O–H groups in total. The molecule has 2 aliphatic rings. The van der Waals surface area contributed by atoms with E-state index in [-0.39, 0.29) is 24.6 Å². The topological polar surface area (TPSA) is 65.5 Å². The Hall–Kier alpha value is -2.45. The standard InChI is InChI=1S/C25H33N3O4/c1-18-23-22(17-29)32-28(24(23)25(30)31-18)16-20-10-7-11-21(14-20)27(13-12-26(2)3)15-19-8-5-4-6-9-19/h4-11,14,18,22-24,29H,12-13,15-17H2,1-3H3/t18-,22-,23+,24-/m0/s1. The van der Waals surface area contributed by atoms with Crippen LogP contribution in [0.15, 0.2) is 54.6 Å². The number of likely N-dealkylation sites (N-methyl/N-ethyl adjacent to an activating group) is 1. The second kappa shape index (κ2) is 10.0. The molecule has 4 rings (SSSR count). The minimum Gasteiger partial charge on any atom is -0.461 e. The SMILES string of the molecule is C[C@@H]1OC(=O)[C@@H]2[C@H]1[C@H](CO)ON2Cc1cccc(N(CCN(C)C)Cc2ccccc2)c1. The molecule has 0 amide bonds. The smallest absolute Gasteiger partial charge is 0.326 e. The summed E-state index contributed by atoms with van der Waals surface area (Å²) in [7, 11) is 4.16. The Kier molecular flexibility index (Phi) is 7.10. The van der Waals surface area contributed by atoms with Gasteiger partial charge in [-0.1, -0.05) is 42.5 Å². The van der Waals surface area contributed by atoms with Crippen molar-refractivity contribution in [2.24, 2.45) is 5.92 Å². The number of aliphatic hydroxyl groups is 1. The van der Waals surface area contributed by atoms with Crippen molar-refractivity contribution in [1.29, 1.82) is 0 Å². The molecule has 0 bridgehead atoms. The summed E-state index contributed by atoms with van der Waals surface area (Å²) in [6, 6.07) is 18.4. The van der Waals surface area contributed by atoms with E-state index >= 15 is 0 Å². The number of hydrogen-bond acceptors (Lipinski definition) is 7. The van der Waals surface area contributed by atoms with Gasteiger partial charge in [-0.05, 0) is 44.3 Å². The summed E-state index contributed by atoms with van der Waals surface area (Å²) in [4.78, 5) is 22.9. The lowest BCUT2D eigenvalue weighted by Gasteiger charge is -2.27. The Bertz CT molecular complexity index is 907. The molecular formula is C25H33N3O4. The molecule has 7 heteroatoms. The van der Waals surface area contributed by atoms with Gasteiger partial charge >= 0.3 is 5.97 Å². The average Bonchev–Trinajstić information content (AvgIpc) is 3.30. The molecule has 0 radical (unpaired) electrons. The van der Waals surface area contributed by atoms with E-state index in [0.717, 1.165) is 30.9 Å². The highest BCUT2D eigenvalue weighted by Crippen LogP contribution is 2.38. The van der Waals surface area contributed by atoms with Crippen LogP contribution in [0.2, 0.25) is 0 Å². The lowest BCUT2D eigenvalue weighted by molar-refractivity contribution is -0.195. The van der Waals surface area contributed by atoms with Crippen molar-refractivity contribution in [1.82, 2.24) is 9.96 Å². The molecule has 0 aromatic heterocycles. The van der Waals surface area contributed by atoms with Gasteiger partial charge in [0.1, 0.15) is 18.2 Å². The number of aliphatic hydroxyl groups excluding tert-OH is 1. The van der Waals surface area contributed by atoms with Gasteiger partial charge in [-0.25, -0.2) is 0 Å². The molecule has 7 nitrogen and oxygen atoms in total. The number of carbonyl (C=O) groups excluding carboxylic acids is 1. The minimum absolute atomic E-state index is 0.131. The van der Waals surface area contributed by atoms with Crippen LogP contribution in [0.1, 0.15) is 18.1 Å². The van der Waals surface area contributed by atoms with E-state index in [1.165, 1.54) is 5.56 Å². The molecule has 2 saturated heterocycles. The second-order valence-corrected chi connectivity index (χ2v) is 8.95. The zero-order valence-corrected chi connectivity index (χ0v) is 19.1. The molecule has 2 fully saturated rings. The summed E-state index contributed by atoms with van der Waals surface area (Å²) in [5.41, 5.74) is 3.44. The fourth-order valence-electron chi connectivity index (χ4n) is 4.62. The first kappa shape index (κ1) is 22.7. The first-order valence-electron chi connectivity index (χ1n) is 11.2. The number of ether oxygens (including phenoxy) is 1. The Labute approximate surface area is 190 Å². The van der Waals surface area contributed by atoms with Gasteiger partial charge in [-0.2, -0.15) is 5.06 Å². The molecule has 0 saturated carbocycles. The number of nitrogens with zero attached hydrogens (tertiary/aromatic N) is 3. The van der Waals surface area contributed by atoms with Gasteiger partial charge in [0.05, 0.1) is 19.1 Å². The molecule has 0 aliphatic carbocycles. The van der Waals surface area contributed by atoms with E-state index in [1.54, 1.807) is 5.06 Å². The van der Waals surface area contributed by atoms with Gasteiger partial charge in [-0.3, -0.25) is 9.63 Å². The first-order chi connectivity index (χ1) is 15.5. The number of esters is 1. The number of benzene rings is 2. The fraction of sp³-hybridized carbons (Fsp3) is 0.480. The second-order valence-electron chi connectivity index (χ2n) is 8.95. The molecule has 0 unspecified atom stereocenters. The van der Waals surface area contributed by atoms with Crippen LogP contribution in [-0.4, -0.2) is 73.1 Å². The summed E-state index contributed by atoms with van der Waals surface area (Å²) in [5, 5.41) is 11.4. The minimum atomic E-state index is -0.472. The summed E-state index contributed by atoms with van der Waals surface area (Å²) in [5.74, 6) is -0.420. The van der Waals surface area contributed by atoms with Crippen LogP contribution < -0.4 is 4.90 Å². The third-order valence-corrected chi connectivity index (χ3v) is 6.29. The highest BCUT2D eigenvalue weighted by atomic mass is 16.7. The largest absolute Gasteiger partial charge is 0.461 e. The van der Waals surface area contributed by atoms with Crippen LogP contribution in [0.25, 0.3) is 0 Å². The maximum atomic E-state index is 12.4. The molecule has 32 heavy (non-hydrogen) atoms. The van der Waals surface area contributed by atoms with Crippen molar-refractivity contribution in [2.75, 3.05) is 38.7 Å². The summed E-state index contributed by atoms with van der Waals surface area (Å²) < 4.78 is 5.43. The molecule has 2 heterocycles. The molecule has 4 atom stereocenters. The van der Waals surface area contributed by atoms with Crippen LogP contribution in [-0.2, 0) is 27.5 Å². The van der Waals surface area contributed by atoms with E-state index in [4.69, 9.17) is 9.57 Å². The maximum Gasteiger partial charge on any atom is 0.326 e. The van der Waals surface area contributed by atoms with Crippen molar-refractivity contribution in [2.45, 2.75) is 38.3 Å². The number of rotatable bonds is 9. The predicted molar refractivity (Wildman–Crippen MR) is 123 cm³/mol. The number of anilines is 1. The lowest BCUT2D eigenvalue weighted by atomic mass is 9.93. The zero-order valence-electron chi connectivity index (χ0n) is 19.1. The van der Waals surface area contributed by atoms with Gasteiger partial charge < -0.3 is 19.6 Å². The Balaban J connectivity index is 1.52. The third kappa shape index (κ3) is 4.96. The van der Waals surface area contributed by atoms with Crippen LogP contribution >= 0.6 is 0 Å². The van der Waals surface area contributed by atoms with E-state index < -0.39 is 12.1 Å². The predicted octanol–water partition coefficient (Wildman–Crippen LogP) is 2.29. The summed E-state index contributed by atoms with van der Waals surface area (Å²) in [6.07, 6.45) is -0.673. The highest BCUT2D eigenvalue weighted by molar-refractivity contribution is 5.79. The molecule has 172 valence electrons. The summed E-state index contributed by atoms with van der Waals surface area (Å²) in [6.45, 7) is 4.85. The van der Waals surface area contributed by atoms with Crippen molar-refractivity contribution >= 4 is 11.7 Å². The van der Waals surface area contributed by atoms with Crippen LogP contribution in [0.3, 0.4) is 0 Å². The molecule has 2 aliphatic heterocycles. The Morgan fingerprint density at radius 3 is 2.50 bits per heavy atom. The Morgan fingerprint density at radius 1 is 1.03 bits per heavy atom. The van der Waals surface area contributed by atoms with Gasteiger partial charge in [0.15, 0.2) is 0 Å². The van der Waals surface area contributed by atoms with Crippen molar-refractivity contribution in [3.8, 4) is 0 Å². The third-order valence-electron chi connectivity index (χ3n) is 6.29. The quantitative estimate of drug-likeness (QED) is 0.602. The Morgan fingerprint density at radius 2 is 1.78 bits per heavy atom. The van der Waals surface area contributed by atoms with Crippen molar-refractivity contribution in [3.63, 3.8) is 0 Å². The zero-order chi connectivity index (χ0) is 22.7. The number of fused-ring (bicyclic) bond motifs is 1.